The summed E-state index contributed by atoms with van der Waals surface area (Å²) >= 11 is 0. The molecule has 0 spiro atoms. The molecule has 0 aromatic heterocycles. The molecule has 7 nitrogen and oxygen atoms in total. The Labute approximate surface area is 195 Å². The highest BCUT2D eigenvalue weighted by atomic mass is 19.1. The standard InChI is InChI=1S/C25H23F2N3O4/c26-17-5-9-19(10-6-17)28-24(31)14-30(15-25(32)29-20-11-7-18(27)8-12-20)13-21-16-33-22-3-1-2-4-23(22)34-21/h1-12,21H,13-16H2,(H,28,31)(H,29,32)/p+1/t21-/m1/s1. The predicted molar refractivity (Wildman–Crippen MR) is 122 cm³/mol. The summed E-state index contributed by atoms with van der Waals surface area (Å²) in [6.07, 6.45) is -0.373. The van der Waals surface area contributed by atoms with Crippen molar-refractivity contribution >= 4 is 23.2 Å². The molecule has 0 saturated heterocycles. The van der Waals surface area contributed by atoms with Gasteiger partial charge in [-0.3, -0.25) is 9.59 Å². The molecule has 1 heterocycles. The van der Waals surface area contributed by atoms with E-state index < -0.39 is 11.6 Å². The minimum Gasteiger partial charge on any atom is -0.486 e. The van der Waals surface area contributed by atoms with Crippen molar-refractivity contribution in [2.24, 2.45) is 0 Å². The van der Waals surface area contributed by atoms with Gasteiger partial charge in [0.2, 0.25) is 0 Å². The van der Waals surface area contributed by atoms with Crippen LogP contribution in [0, 0.1) is 11.6 Å². The third-order valence-corrected chi connectivity index (χ3v) is 5.16. The molecule has 1 atom stereocenters. The number of carbonyl (C=O) groups excluding carboxylic acids is 2. The molecule has 3 aromatic rings. The van der Waals surface area contributed by atoms with Crippen LogP contribution in [0.1, 0.15) is 0 Å². The number of carbonyl (C=O) groups is 2. The zero-order valence-corrected chi connectivity index (χ0v) is 18.2. The van der Waals surface area contributed by atoms with Gasteiger partial charge in [-0.05, 0) is 60.7 Å². The van der Waals surface area contributed by atoms with Gasteiger partial charge in [-0.25, -0.2) is 8.78 Å². The normalized spacial score (nSPS) is 14.5. The van der Waals surface area contributed by atoms with E-state index in [2.05, 4.69) is 10.6 Å². The van der Waals surface area contributed by atoms with E-state index >= 15 is 0 Å². The van der Waals surface area contributed by atoms with Gasteiger partial charge in [0.05, 0.1) is 0 Å². The van der Waals surface area contributed by atoms with Crippen molar-refractivity contribution in [2.45, 2.75) is 6.10 Å². The van der Waals surface area contributed by atoms with Crippen LogP contribution in [0.4, 0.5) is 20.2 Å². The quantitative estimate of drug-likeness (QED) is 0.474. The fourth-order valence-corrected chi connectivity index (χ4v) is 3.62. The first-order valence-corrected chi connectivity index (χ1v) is 10.8. The van der Waals surface area contributed by atoms with Crippen LogP contribution in [-0.4, -0.2) is 44.2 Å². The minimum absolute atomic E-state index is 0.0320. The Balaban J connectivity index is 1.41. The molecule has 2 amide bonds. The number of amides is 2. The summed E-state index contributed by atoms with van der Waals surface area (Å²) in [4.78, 5) is 25.9. The van der Waals surface area contributed by atoms with Crippen molar-refractivity contribution in [1.29, 1.82) is 0 Å². The average Bonchev–Trinajstić information content (AvgIpc) is 2.82. The molecule has 3 N–H and O–H groups in total. The lowest BCUT2D eigenvalue weighted by Gasteiger charge is -2.29. The molecule has 0 unspecified atom stereocenters. The van der Waals surface area contributed by atoms with Crippen LogP contribution in [0.5, 0.6) is 11.5 Å². The molecule has 3 aromatic carbocycles. The summed E-state index contributed by atoms with van der Waals surface area (Å²) < 4.78 is 38.0. The first kappa shape index (κ1) is 23.2. The Morgan fingerprint density at radius 2 is 1.29 bits per heavy atom. The number of halogens is 2. The predicted octanol–water partition coefficient (Wildman–Crippen LogP) is 2.27. The summed E-state index contributed by atoms with van der Waals surface area (Å²) in [5, 5.41) is 5.42. The fraction of sp³-hybridized carbons (Fsp3) is 0.200. The first-order chi connectivity index (χ1) is 16.4. The minimum atomic E-state index is -0.405. The third-order valence-electron chi connectivity index (χ3n) is 5.16. The van der Waals surface area contributed by atoms with Crippen molar-refractivity contribution in [1.82, 2.24) is 0 Å². The van der Waals surface area contributed by atoms with Gasteiger partial charge in [-0.15, -0.1) is 0 Å². The molecule has 9 heteroatoms. The Morgan fingerprint density at radius 3 is 1.82 bits per heavy atom. The summed E-state index contributed by atoms with van der Waals surface area (Å²) in [6, 6.07) is 18.1. The number of hydrogen-bond donors (Lipinski definition) is 3. The number of fused-ring (bicyclic) bond motifs is 1. The van der Waals surface area contributed by atoms with E-state index in [-0.39, 0.29) is 37.6 Å². The number of ether oxygens (including phenoxy) is 2. The first-order valence-electron chi connectivity index (χ1n) is 10.8. The van der Waals surface area contributed by atoms with E-state index in [9.17, 15) is 18.4 Å². The lowest BCUT2D eigenvalue weighted by molar-refractivity contribution is -0.886. The Morgan fingerprint density at radius 1 is 0.794 bits per heavy atom. The van der Waals surface area contributed by atoms with Gasteiger partial charge in [0.25, 0.3) is 11.8 Å². The van der Waals surface area contributed by atoms with Crippen LogP contribution in [0.2, 0.25) is 0 Å². The summed E-state index contributed by atoms with van der Waals surface area (Å²) in [6.45, 7) is 0.535. The largest absolute Gasteiger partial charge is 0.486 e. The van der Waals surface area contributed by atoms with E-state index in [1.807, 2.05) is 18.2 Å². The molecule has 1 aliphatic rings. The molecule has 0 bridgehead atoms. The molecule has 0 aliphatic carbocycles. The van der Waals surface area contributed by atoms with Crippen molar-refractivity contribution < 1.29 is 32.7 Å². The zero-order chi connectivity index (χ0) is 23.9. The number of rotatable bonds is 8. The van der Waals surface area contributed by atoms with Gasteiger partial charge in [0, 0.05) is 11.4 Å². The summed E-state index contributed by atoms with van der Waals surface area (Å²) in [5.74, 6) is -0.246. The van der Waals surface area contributed by atoms with Crippen LogP contribution >= 0.6 is 0 Å². The molecular formula is C25H24F2N3O4+. The Hall–Kier alpha value is -3.98. The lowest BCUT2D eigenvalue weighted by atomic mass is 10.2. The van der Waals surface area contributed by atoms with Gasteiger partial charge >= 0.3 is 0 Å². The second-order valence-corrected chi connectivity index (χ2v) is 7.92. The van der Waals surface area contributed by atoms with Crippen LogP contribution in [0.3, 0.4) is 0 Å². The van der Waals surface area contributed by atoms with Crippen molar-refractivity contribution in [3.63, 3.8) is 0 Å². The monoisotopic (exact) mass is 468 g/mol. The molecule has 4 rings (SSSR count). The fourth-order valence-electron chi connectivity index (χ4n) is 3.62. The number of nitrogens with one attached hydrogen (secondary N) is 3. The van der Waals surface area contributed by atoms with E-state index in [0.717, 1.165) is 0 Å². The number of quaternary nitrogens is 1. The maximum atomic E-state index is 13.1. The molecule has 34 heavy (non-hydrogen) atoms. The Kier molecular flexibility index (Phi) is 7.34. The highest BCUT2D eigenvalue weighted by Crippen LogP contribution is 2.30. The smallest absolute Gasteiger partial charge is 0.279 e. The summed E-state index contributed by atoms with van der Waals surface area (Å²) in [7, 11) is 0. The van der Waals surface area contributed by atoms with E-state index in [1.54, 1.807) is 6.07 Å². The topological polar surface area (TPSA) is 81.1 Å². The van der Waals surface area contributed by atoms with Crippen LogP contribution in [0.15, 0.2) is 72.8 Å². The molecule has 0 fully saturated rings. The van der Waals surface area contributed by atoms with E-state index in [1.165, 1.54) is 48.5 Å². The van der Waals surface area contributed by atoms with Crippen LogP contribution in [0.25, 0.3) is 0 Å². The van der Waals surface area contributed by atoms with Crippen molar-refractivity contribution in [3.05, 3.63) is 84.4 Å². The maximum absolute atomic E-state index is 13.1. The zero-order valence-electron chi connectivity index (χ0n) is 18.2. The number of anilines is 2. The van der Waals surface area contributed by atoms with Gasteiger partial charge in [-0.2, -0.15) is 0 Å². The van der Waals surface area contributed by atoms with Gasteiger partial charge in [-0.1, -0.05) is 12.1 Å². The van der Waals surface area contributed by atoms with Crippen molar-refractivity contribution in [2.75, 3.05) is 36.9 Å². The van der Waals surface area contributed by atoms with Gasteiger partial charge in [0.1, 0.15) is 24.8 Å². The van der Waals surface area contributed by atoms with Crippen LogP contribution < -0.4 is 25.0 Å². The molecule has 0 radical (unpaired) electrons. The molecule has 0 saturated carbocycles. The highest BCUT2D eigenvalue weighted by molar-refractivity contribution is 5.93. The molecular weight excluding hydrogens is 444 g/mol. The highest BCUT2D eigenvalue weighted by Gasteiger charge is 2.28. The number of hydrogen-bond acceptors (Lipinski definition) is 4. The summed E-state index contributed by atoms with van der Waals surface area (Å²) in [5.41, 5.74) is 0.903. The maximum Gasteiger partial charge on any atom is 0.279 e. The van der Waals surface area contributed by atoms with Crippen molar-refractivity contribution in [3.8, 4) is 11.5 Å². The third kappa shape index (κ3) is 6.52. The molecule has 176 valence electrons. The number of para-hydroxylation sites is 2. The number of benzene rings is 3. The van der Waals surface area contributed by atoms with Gasteiger partial charge < -0.3 is 25.0 Å². The van der Waals surface area contributed by atoms with E-state index in [4.69, 9.17) is 9.47 Å². The SMILES string of the molecule is O=C(C[NH+](CC(=O)Nc1ccc(F)cc1)C[C@@H]1COc2ccccc2O1)Nc1ccc(F)cc1. The second kappa shape index (κ2) is 10.8. The van der Waals surface area contributed by atoms with E-state index in [0.29, 0.717) is 34.3 Å². The lowest BCUT2D eigenvalue weighted by Crippen LogP contribution is -3.15. The van der Waals surface area contributed by atoms with Crippen LogP contribution in [-0.2, 0) is 9.59 Å². The second-order valence-electron chi connectivity index (χ2n) is 7.92. The molecule has 1 aliphatic heterocycles. The average molecular weight is 468 g/mol. The van der Waals surface area contributed by atoms with Gasteiger partial charge in [0.15, 0.2) is 30.7 Å². The Bertz CT molecular complexity index is 1080.